The van der Waals surface area contributed by atoms with Gasteiger partial charge in [-0.3, -0.25) is 4.79 Å². The molecule has 1 aromatic rings. The number of aryl methyl sites for hydroxylation is 1. The summed E-state index contributed by atoms with van der Waals surface area (Å²) in [6.45, 7) is 2.87. The maximum Gasteiger partial charge on any atom is 0.334 e. The van der Waals surface area contributed by atoms with Crippen LogP contribution < -0.4 is 0 Å². The Hall–Kier alpha value is -1.40. The van der Waals surface area contributed by atoms with Crippen molar-refractivity contribution in [2.75, 3.05) is 19.7 Å². The quantitative estimate of drug-likeness (QED) is 0.896. The highest BCUT2D eigenvalue weighted by Gasteiger charge is 2.29. The van der Waals surface area contributed by atoms with E-state index in [-0.39, 0.29) is 19.1 Å². The monoisotopic (exact) mass is 269 g/mol. The highest BCUT2D eigenvalue weighted by molar-refractivity contribution is 7.14. The number of ether oxygens (including phenoxy) is 1. The van der Waals surface area contributed by atoms with E-state index in [1.54, 1.807) is 11.0 Å². The van der Waals surface area contributed by atoms with E-state index < -0.39 is 12.1 Å². The molecule has 1 atom stereocenters. The average molecular weight is 269 g/mol. The van der Waals surface area contributed by atoms with Crippen molar-refractivity contribution in [2.24, 2.45) is 0 Å². The first-order valence-corrected chi connectivity index (χ1v) is 6.66. The Kier molecular flexibility index (Phi) is 3.98. The van der Waals surface area contributed by atoms with Crippen LogP contribution in [-0.4, -0.2) is 47.7 Å². The van der Waals surface area contributed by atoms with Crippen molar-refractivity contribution in [3.8, 4) is 0 Å². The van der Waals surface area contributed by atoms with Crippen LogP contribution in [0, 0.1) is 0 Å². The zero-order valence-corrected chi connectivity index (χ0v) is 10.9. The smallest absolute Gasteiger partial charge is 0.334 e. The molecule has 1 saturated heterocycles. The third-order valence-corrected chi connectivity index (χ3v) is 4.07. The van der Waals surface area contributed by atoms with Gasteiger partial charge in [0.05, 0.1) is 18.0 Å². The van der Waals surface area contributed by atoms with E-state index in [1.807, 2.05) is 13.0 Å². The molecule has 5 nitrogen and oxygen atoms in total. The van der Waals surface area contributed by atoms with Gasteiger partial charge in [0, 0.05) is 11.4 Å². The maximum atomic E-state index is 12.2. The number of carbonyl (C=O) groups excluding carboxylic acids is 1. The van der Waals surface area contributed by atoms with Crippen LogP contribution in [0.15, 0.2) is 12.1 Å². The SMILES string of the molecule is CCc1ccc(C(=O)N2CCO[C@H](C(=O)O)C2)s1. The molecular formula is C12H15NO4S. The van der Waals surface area contributed by atoms with Gasteiger partial charge in [-0.25, -0.2) is 4.79 Å². The average Bonchev–Trinajstić information content (AvgIpc) is 2.86. The predicted octanol–water partition coefficient (Wildman–Crippen LogP) is 1.24. The van der Waals surface area contributed by atoms with E-state index in [0.29, 0.717) is 11.4 Å². The fourth-order valence-corrected chi connectivity index (χ4v) is 2.74. The number of aliphatic carboxylic acids is 1. The summed E-state index contributed by atoms with van der Waals surface area (Å²) in [6.07, 6.45) is -0.00738. The molecule has 2 heterocycles. The van der Waals surface area contributed by atoms with Crippen LogP contribution in [0.5, 0.6) is 0 Å². The second kappa shape index (κ2) is 5.49. The third kappa shape index (κ3) is 2.70. The van der Waals surface area contributed by atoms with Crippen molar-refractivity contribution < 1.29 is 19.4 Å². The molecule has 1 fully saturated rings. The standard InChI is InChI=1S/C12H15NO4S/c1-2-8-3-4-10(18-8)11(14)13-5-6-17-9(7-13)12(15)16/h3-4,9H,2,5-7H2,1H3,(H,15,16)/t9-/m0/s1. The van der Waals surface area contributed by atoms with Crippen molar-refractivity contribution in [3.63, 3.8) is 0 Å². The first kappa shape index (κ1) is 13.0. The highest BCUT2D eigenvalue weighted by atomic mass is 32.1. The Labute approximate surface area is 109 Å². The summed E-state index contributed by atoms with van der Waals surface area (Å²) in [6, 6.07) is 3.74. The summed E-state index contributed by atoms with van der Waals surface area (Å²) >= 11 is 1.46. The first-order chi connectivity index (χ1) is 8.61. The van der Waals surface area contributed by atoms with Gasteiger partial charge in [-0.2, -0.15) is 0 Å². The van der Waals surface area contributed by atoms with Gasteiger partial charge in [-0.15, -0.1) is 11.3 Å². The lowest BCUT2D eigenvalue weighted by Gasteiger charge is -2.30. The minimum Gasteiger partial charge on any atom is -0.479 e. The van der Waals surface area contributed by atoms with Gasteiger partial charge in [0.25, 0.3) is 5.91 Å². The number of thiophene rings is 1. The number of carboxylic acid groups (broad SMARTS) is 1. The molecule has 0 aromatic carbocycles. The Morgan fingerprint density at radius 2 is 2.33 bits per heavy atom. The summed E-state index contributed by atoms with van der Waals surface area (Å²) in [5.41, 5.74) is 0. The zero-order valence-electron chi connectivity index (χ0n) is 10.1. The van der Waals surface area contributed by atoms with Crippen LogP contribution in [0.25, 0.3) is 0 Å². The van der Waals surface area contributed by atoms with Crippen molar-refractivity contribution in [1.82, 2.24) is 4.90 Å². The van der Waals surface area contributed by atoms with Crippen LogP contribution in [0.4, 0.5) is 0 Å². The van der Waals surface area contributed by atoms with Gasteiger partial charge in [0.15, 0.2) is 6.10 Å². The number of nitrogens with zero attached hydrogens (tertiary/aromatic N) is 1. The number of carboxylic acids is 1. The lowest BCUT2D eigenvalue weighted by atomic mass is 10.2. The number of hydrogen-bond acceptors (Lipinski definition) is 4. The van der Waals surface area contributed by atoms with Crippen LogP contribution in [0.1, 0.15) is 21.5 Å². The molecule has 0 bridgehead atoms. The van der Waals surface area contributed by atoms with Crippen LogP contribution in [0.3, 0.4) is 0 Å². The molecule has 0 spiro atoms. The van der Waals surface area contributed by atoms with Gasteiger partial charge in [-0.05, 0) is 18.6 Å². The van der Waals surface area contributed by atoms with Crippen LogP contribution >= 0.6 is 11.3 Å². The van der Waals surface area contributed by atoms with E-state index in [9.17, 15) is 9.59 Å². The van der Waals surface area contributed by atoms with E-state index >= 15 is 0 Å². The molecule has 6 heteroatoms. The molecule has 1 aliphatic rings. The van der Waals surface area contributed by atoms with E-state index in [1.165, 1.54) is 11.3 Å². The Morgan fingerprint density at radius 1 is 1.56 bits per heavy atom. The Bertz CT molecular complexity index is 457. The van der Waals surface area contributed by atoms with Crippen molar-refractivity contribution >= 4 is 23.2 Å². The van der Waals surface area contributed by atoms with Crippen LogP contribution in [-0.2, 0) is 16.0 Å². The summed E-state index contributed by atoms with van der Waals surface area (Å²) in [7, 11) is 0. The zero-order chi connectivity index (χ0) is 13.1. The topological polar surface area (TPSA) is 66.8 Å². The number of rotatable bonds is 3. The molecule has 0 aliphatic carbocycles. The number of carbonyl (C=O) groups is 2. The molecule has 0 radical (unpaired) electrons. The third-order valence-electron chi connectivity index (χ3n) is 2.85. The lowest BCUT2D eigenvalue weighted by molar-refractivity contribution is -0.154. The maximum absolute atomic E-state index is 12.2. The molecule has 0 saturated carbocycles. The Balaban J connectivity index is 2.06. The lowest BCUT2D eigenvalue weighted by Crippen LogP contribution is -2.48. The fraction of sp³-hybridized carbons (Fsp3) is 0.500. The Morgan fingerprint density at radius 3 is 2.94 bits per heavy atom. The van der Waals surface area contributed by atoms with E-state index in [2.05, 4.69) is 0 Å². The second-order valence-electron chi connectivity index (χ2n) is 4.07. The molecule has 1 amide bonds. The molecule has 1 aromatic heterocycles. The van der Waals surface area contributed by atoms with Gasteiger partial charge in [0.1, 0.15) is 0 Å². The van der Waals surface area contributed by atoms with Gasteiger partial charge >= 0.3 is 5.97 Å². The normalized spacial score (nSPS) is 19.8. The summed E-state index contributed by atoms with van der Waals surface area (Å²) in [5.74, 6) is -1.12. The van der Waals surface area contributed by atoms with Gasteiger partial charge in [0.2, 0.25) is 0 Å². The molecule has 98 valence electrons. The second-order valence-corrected chi connectivity index (χ2v) is 5.24. The van der Waals surface area contributed by atoms with Crippen molar-refractivity contribution in [1.29, 1.82) is 0 Å². The molecule has 0 unspecified atom stereocenters. The molecule has 18 heavy (non-hydrogen) atoms. The highest BCUT2D eigenvalue weighted by Crippen LogP contribution is 2.20. The first-order valence-electron chi connectivity index (χ1n) is 5.84. The molecule has 1 N–H and O–H groups in total. The minimum absolute atomic E-state index is 0.103. The molecular weight excluding hydrogens is 254 g/mol. The number of morpholine rings is 1. The number of amides is 1. The van der Waals surface area contributed by atoms with Crippen LogP contribution in [0.2, 0.25) is 0 Å². The van der Waals surface area contributed by atoms with Crippen molar-refractivity contribution in [2.45, 2.75) is 19.4 Å². The van der Waals surface area contributed by atoms with E-state index in [0.717, 1.165) is 11.3 Å². The predicted molar refractivity (Wildman–Crippen MR) is 67.0 cm³/mol. The summed E-state index contributed by atoms with van der Waals surface area (Å²) in [5, 5.41) is 8.89. The van der Waals surface area contributed by atoms with Crippen molar-refractivity contribution in [3.05, 3.63) is 21.9 Å². The molecule has 2 rings (SSSR count). The van der Waals surface area contributed by atoms with Gasteiger partial charge < -0.3 is 14.7 Å². The summed E-state index contributed by atoms with van der Waals surface area (Å²) in [4.78, 5) is 26.4. The van der Waals surface area contributed by atoms with Gasteiger partial charge in [-0.1, -0.05) is 6.92 Å². The minimum atomic E-state index is -1.02. The summed E-state index contributed by atoms with van der Waals surface area (Å²) < 4.78 is 5.09. The number of hydrogen-bond donors (Lipinski definition) is 1. The molecule has 1 aliphatic heterocycles. The fourth-order valence-electron chi connectivity index (χ4n) is 1.82. The largest absolute Gasteiger partial charge is 0.479 e. The van der Waals surface area contributed by atoms with E-state index in [4.69, 9.17) is 9.84 Å².